The Morgan fingerprint density at radius 3 is 1.00 bits per heavy atom. The van der Waals surface area contributed by atoms with Gasteiger partial charge in [-0.15, -0.1) is 0 Å². The molecule has 2 atom stereocenters. The quantitative estimate of drug-likeness (QED) is 0.229. The van der Waals surface area contributed by atoms with E-state index in [1.54, 1.807) is 0 Å². The number of nitro groups is 4. The van der Waals surface area contributed by atoms with Crippen LogP contribution >= 0.6 is 31.9 Å². The van der Waals surface area contributed by atoms with Crippen molar-refractivity contribution in [1.82, 2.24) is 0 Å². The van der Waals surface area contributed by atoms with Crippen LogP contribution in [0.4, 0.5) is 0 Å². The van der Waals surface area contributed by atoms with E-state index in [9.17, 15) is 40.5 Å². The SMILES string of the molecule is O=[N+]([O-])C(CC(Br)C(Br)CC([N+](=O)[O-])[N+](=O)[O-])[N+](=O)[O-]. The highest BCUT2D eigenvalue weighted by Crippen LogP contribution is 2.25. The molecule has 0 rings (SSSR count). The molecule has 0 aromatic carbocycles. The molecule has 0 fully saturated rings. The monoisotopic (exact) mass is 422 g/mol. The van der Waals surface area contributed by atoms with Crippen LogP contribution in [0.25, 0.3) is 0 Å². The minimum absolute atomic E-state index is 0.571. The zero-order valence-corrected chi connectivity index (χ0v) is 12.7. The van der Waals surface area contributed by atoms with Crippen molar-refractivity contribution in [3.8, 4) is 0 Å². The molecule has 0 aliphatic rings. The first-order valence-electron chi connectivity index (χ1n) is 4.90. The normalized spacial score (nSPS) is 14.0. The van der Waals surface area contributed by atoms with Gasteiger partial charge in [0.25, 0.3) is 0 Å². The number of alkyl halides is 2. The fourth-order valence-corrected chi connectivity index (χ4v) is 2.30. The molecule has 0 saturated heterocycles. The van der Waals surface area contributed by atoms with Gasteiger partial charge in [-0.1, -0.05) is 31.9 Å². The van der Waals surface area contributed by atoms with E-state index in [1.807, 2.05) is 0 Å². The summed E-state index contributed by atoms with van der Waals surface area (Å²) in [5.74, 6) is 0. The number of hydrogen-bond donors (Lipinski definition) is 0. The van der Waals surface area contributed by atoms with Crippen LogP contribution in [-0.2, 0) is 0 Å². The summed E-state index contributed by atoms with van der Waals surface area (Å²) in [7, 11) is 0. The van der Waals surface area contributed by atoms with Crippen molar-refractivity contribution < 1.29 is 19.7 Å². The minimum Gasteiger partial charge on any atom is -0.259 e. The van der Waals surface area contributed by atoms with Crippen molar-refractivity contribution in [3.05, 3.63) is 40.5 Å². The van der Waals surface area contributed by atoms with E-state index in [-0.39, 0.29) is 0 Å². The average Bonchev–Trinajstić information content (AvgIpc) is 2.30. The zero-order chi connectivity index (χ0) is 16.0. The topological polar surface area (TPSA) is 173 Å². The molecule has 2 unspecified atom stereocenters. The van der Waals surface area contributed by atoms with Gasteiger partial charge in [-0.05, 0) is 0 Å². The highest BCUT2D eigenvalue weighted by molar-refractivity contribution is 9.12. The molecule has 0 aliphatic carbocycles. The lowest BCUT2D eigenvalue weighted by Crippen LogP contribution is -2.37. The molecule has 0 aliphatic heterocycles. The van der Waals surface area contributed by atoms with Crippen molar-refractivity contribution in [2.75, 3.05) is 0 Å². The Labute approximate surface area is 127 Å². The predicted molar refractivity (Wildman–Crippen MR) is 70.2 cm³/mol. The smallest absolute Gasteiger partial charge is 0.259 e. The lowest BCUT2D eigenvalue weighted by atomic mass is 10.1. The summed E-state index contributed by atoms with van der Waals surface area (Å²) in [6.07, 6.45) is -5.33. The Bertz CT molecular complexity index is 354. The summed E-state index contributed by atoms with van der Waals surface area (Å²) in [5, 5.41) is 41.8. The van der Waals surface area contributed by atoms with E-state index in [4.69, 9.17) is 0 Å². The lowest BCUT2D eigenvalue weighted by Gasteiger charge is -2.15. The average molecular weight is 424 g/mol. The second kappa shape index (κ2) is 7.98. The van der Waals surface area contributed by atoms with Crippen molar-refractivity contribution >= 4 is 31.9 Å². The van der Waals surface area contributed by atoms with Gasteiger partial charge in [-0.25, -0.2) is 0 Å². The van der Waals surface area contributed by atoms with Crippen LogP contribution in [0.3, 0.4) is 0 Å². The van der Waals surface area contributed by atoms with Crippen LogP contribution < -0.4 is 0 Å². The maximum atomic E-state index is 10.4. The standard InChI is InChI=1S/C6H8Br2N4O8/c7-3(1-5(9(13)14)10(15)16)4(8)2-6(11(17)18)12(19)20/h3-6H,1-2H2. The zero-order valence-electron chi connectivity index (χ0n) is 9.53. The fourth-order valence-electron chi connectivity index (χ4n) is 1.20. The molecule has 0 radical (unpaired) electrons. The highest BCUT2D eigenvalue weighted by atomic mass is 79.9. The Kier molecular flexibility index (Phi) is 7.41. The van der Waals surface area contributed by atoms with Crippen LogP contribution in [0, 0.1) is 40.5 Å². The second-order valence-corrected chi connectivity index (χ2v) is 5.96. The molecule has 20 heavy (non-hydrogen) atoms. The van der Waals surface area contributed by atoms with Gasteiger partial charge in [0, 0.05) is 9.65 Å². The van der Waals surface area contributed by atoms with E-state index in [1.165, 1.54) is 0 Å². The Balaban J connectivity index is 4.73. The Morgan fingerprint density at radius 2 is 0.850 bits per heavy atom. The largest absolute Gasteiger partial charge is 0.451 e. The Hall–Kier alpha value is -1.44. The van der Waals surface area contributed by atoms with E-state index in [0.29, 0.717) is 0 Å². The third-order valence-electron chi connectivity index (χ3n) is 2.24. The van der Waals surface area contributed by atoms with Gasteiger partial charge in [-0.2, -0.15) is 0 Å². The summed E-state index contributed by atoms with van der Waals surface area (Å²) in [4.78, 5) is 35.6. The van der Waals surface area contributed by atoms with Crippen molar-refractivity contribution in [1.29, 1.82) is 0 Å². The second-order valence-electron chi connectivity index (χ2n) is 3.61. The van der Waals surface area contributed by atoms with Crippen LogP contribution in [0.1, 0.15) is 12.8 Å². The highest BCUT2D eigenvalue weighted by Gasteiger charge is 2.41. The van der Waals surface area contributed by atoms with Crippen molar-refractivity contribution in [2.45, 2.75) is 34.8 Å². The number of hydrogen-bond acceptors (Lipinski definition) is 8. The van der Waals surface area contributed by atoms with Gasteiger partial charge in [0.1, 0.15) is 12.8 Å². The van der Waals surface area contributed by atoms with Gasteiger partial charge in [0.2, 0.25) is 0 Å². The molecule has 0 saturated carbocycles. The predicted octanol–water partition coefficient (Wildman–Crippen LogP) is 1.05. The third kappa shape index (κ3) is 5.68. The maximum absolute atomic E-state index is 10.4. The molecule has 0 spiro atoms. The molecule has 14 heteroatoms. The summed E-state index contributed by atoms with van der Waals surface area (Å²) >= 11 is 5.81. The molecular weight excluding hydrogens is 416 g/mol. The van der Waals surface area contributed by atoms with E-state index < -0.39 is 54.5 Å². The third-order valence-corrected chi connectivity index (χ3v) is 4.97. The van der Waals surface area contributed by atoms with E-state index >= 15 is 0 Å². The minimum atomic E-state index is -2.09. The molecule has 0 aromatic heterocycles. The van der Waals surface area contributed by atoms with Crippen LogP contribution in [0.5, 0.6) is 0 Å². The van der Waals surface area contributed by atoms with Gasteiger partial charge in [0.15, 0.2) is 0 Å². The van der Waals surface area contributed by atoms with E-state index in [2.05, 4.69) is 31.9 Å². The number of rotatable bonds is 9. The summed E-state index contributed by atoms with van der Waals surface area (Å²) in [6, 6.07) is 0. The summed E-state index contributed by atoms with van der Waals surface area (Å²) in [5.41, 5.74) is 0. The van der Waals surface area contributed by atoms with Crippen LogP contribution in [0.2, 0.25) is 0 Å². The summed E-state index contributed by atoms with van der Waals surface area (Å²) < 4.78 is 0. The number of halogens is 2. The van der Waals surface area contributed by atoms with Gasteiger partial charge in [-0.3, -0.25) is 40.5 Å². The fraction of sp³-hybridized carbons (Fsp3) is 1.00. The van der Waals surface area contributed by atoms with Crippen molar-refractivity contribution in [3.63, 3.8) is 0 Å². The molecule has 0 heterocycles. The lowest BCUT2D eigenvalue weighted by molar-refractivity contribution is -0.744. The molecule has 12 nitrogen and oxygen atoms in total. The molecule has 0 N–H and O–H groups in total. The first kappa shape index (κ1) is 18.6. The number of nitrogens with zero attached hydrogens (tertiary/aromatic N) is 4. The van der Waals surface area contributed by atoms with Crippen LogP contribution in [0.15, 0.2) is 0 Å². The summed E-state index contributed by atoms with van der Waals surface area (Å²) in [6.45, 7) is 0. The molecule has 114 valence electrons. The first-order valence-corrected chi connectivity index (χ1v) is 6.73. The van der Waals surface area contributed by atoms with Gasteiger partial charge in [0.05, 0.1) is 19.7 Å². The van der Waals surface area contributed by atoms with E-state index in [0.717, 1.165) is 0 Å². The molecule has 0 aromatic rings. The van der Waals surface area contributed by atoms with Gasteiger partial charge >= 0.3 is 12.3 Å². The maximum Gasteiger partial charge on any atom is 0.451 e. The molecular formula is C6H8Br2N4O8. The first-order chi connectivity index (χ1) is 9.07. The van der Waals surface area contributed by atoms with Crippen molar-refractivity contribution in [2.24, 2.45) is 0 Å². The molecule has 0 amide bonds. The molecule has 0 bridgehead atoms. The van der Waals surface area contributed by atoms with Gasteiger partial charge < -0.3 is 0 Å². The van der Waals surface area contributed by atoms with Crippen LogP contribution in [-0.4, -0.2) is 41.7 Å². The Morgan fingerprint density at radius 1 is 0.650 bits per heavy atom.